The van der Waals surface area contributed by atoms with E-state index in [2.05, 4.69) is 28.3 Å². The van der Waals surface area contributed by atoms with Crippen LogP contribution in [0.15, 0.2) is 34.3 Å². The molecule has 0 N–H and O–H groups in total. The van der Waals surface area contributed by atoms with Crippen LogP contribution in [-0.2, 0) is 5.41 Å². The van der Waals surface area contributed by atoms with Gasteiger partial charge in [0.2, 0.25) is 0 Å². The predicted octanol–water partition coefficient (Wildman–Crippen LogP) is 5.06. The minimum Gasteiger partial charge on any atom is -0.319 e. The first-order valence-corrected chi connectivity index (χ1v) is 8.92. The molecule has 0 saturated heterocycles. The Kier molecular flexibility index (Phi) is 3.29. The summed E-state index contributed by atoms with van der Waals surface area (Å²) in [6, 6.07) is 6.56. The van der Waals surface area contributed by atoms with Crippen LogP contribution in [0, 0.1) is 0 Å². The maximum atomic E-state index is 6.25. The minimum absolute atomic E-state index is 0.0943. The van der Waals surface area contributed by atoms with Crippen molar-refractivity contribution in [3.8, 4) is 0 Å². The highest BCUT2D eigenvalue weighted by Crippen LogP contribution is 2.54. The number of amidine groups is 1. The van der Waals surface area contributed by atoms with E-state index in [0.29, 0.717) is 16.1 Å². The number of halogens is 2. The van der Waals surface area contributed by atoms with Gasteiger partial charge in [-0.2, -0.15) is 0 Å². The summed E-state index contributed by atoms with van der Waals surface area (Å²) in [6.07, 6.45) is 3.61. The summed E-state index contributed by atoms with van der Waals surface area (Å²) >= 11 is 14.1. The molecule has 2 nitrogen and oxygen atoms in total. The number of fused-ring (bicyclic) bond motifs is 1. The van der Waals surface area contributed by atoms with Crippen molar-refractivity contribution in [1.29, 1.82) is 0 Å². The fraction of sp³-hybridized carbons (Fsp3) is 0.438. The van der Waals surface area contributed by atoms with Crippen molar-refractivity contribution in [2.75, 3.05) is 6.54 Å². The minimum atomic E-state index is 0.0943. The Labute approximate surface area is 139 Å². The molecule has 1 fully saturated rings. The second-order valence-electron chi connectivity index (χ2n) is 6.03. The van der Waals surface area contributed by atoms with Gasteiger partial charge < -0.3 is 4.90 Å². The lowest BCUT2D eigenvalue weighted by atomic mass is 9.62. The Bertz CT molecular complexity index is 664. The number of rotatable bonds is 2. The Balaban J connectivity index is 1.77. The van der Waals surface area contributed by atoms with Crippen LogP contribution in [0.1, 0.15) is 31.7 Å². The monoisotopic (exact) mass is 338 g/mol. The van der Waals surface area contributed by atoms with Gasteiger partial charge in [0.25, 0.3) is 0 Å². The lowest BCUT2D eigenvalue weighted by Crippen LogP contribution is -2.44. The molecule has 0 bridgehead atoms. The van der Waals surface area contributed by atoms with Crippen molar-refractivity contribution in [3.63, 3.8) is 0 Å². The summed E-state index contributed by atoms with van der Waals surface area (Å²) < 4.78 is 0. The molecule has 0 aromatic heterocycles. The summed E-state index contributed by atoms with van der Waals surface area (Å²) in [5.74, 6) is 0. The molecule has 110 valence electrons. The van der Waals surface area contributed by atoms with Gasteiger partial charge in [0, 0.05) is 11.1 Å². The molecule has 1 aliphatic carbocycles. The molecule has 1 unspecified atom stereocenters. The van der Waals surface area contributed by atoms with Gasteiger partial charge in [0.05, 0.1) is 22.6 Å². The van der Waals surface area contributed by atoms with Crippen molar-refractivity contribution in [2.24, 2.45) is 4.99 Å². The van der Waals surface area contributed by atoms with Crippen LogP contribution >= 0.6 is 35.0 Å². The topological polar surface area (TPSA) is 15.6 Å². The maximum Gasteiger partial charge on any atom is 0.168 e. The molecule has 21 heavy (non-hydrogen) atoms. The van der Waals surface area contributed by atoms with E-state index >= 15 is 0 Å². The quantitative estimate of drug-likeness (QED) is 0.748. The average molecular weight is 339 g/mol. The molecule has 1 atom stereocenters. The van der Waals surface area contributed by atoms with Crippen LogP contribution in [0.2, 0.25) is 10.0 Å². The summed E-state index contributed by atoms with van der Waals surface area (Å²) in [5, 5.41) is 4.72. The molecule has 1 saturated carbocycles. The number of aliphatic imine (C=N–C) groups is 1. The van der Waals surface area contributed by atoms with Gasteiger partial charge in [-0.1, -0.05) is 47.5 Å². The first kappa shape index (κ1) is 14.0. The van der Waals surface area contributed by atoms with Crippen LogP contribution in [-0.4, -0.2) is 22.7 Å². The molecular formula is C16H16Cl2N2S. The summed E-state index contributed by atoms with van der Waals surface area (Å²) in [5.41, 5.74) is 2.79. The third kappa shape index (κ3) is 1.97. The van der Waals surface area contributed by atoms with Gasteiger partial charge in [-0.3, -0.25) is 4.99 Å². The zero-order chi connectivity index (χ0) is 14.6. The first-order valence-electron chi connectivity index (χ1n) is 7.28. The molecule has 0 spiro atoms. The highest BCUT2D eigenvalue weighted by atomic mass is 35.5. The number of hydrogen-bond donors (Lipinski definition) is 0. The average Bonchev–Trinajstić information content (AvgIpc) is 2.97. The molecule has 1 aromatic rings. The van der Waals surface area contributed by atoms with Crippen molar-refractivity contribution >= 4 is 40.1 Å². The van der Waals surface area contributed by atoms with Crippen LogP contribution in [0.25, 0.3) is 0 Å². The molecule has 0 amide bonds. The van der Waals surface area contributed by atoms with E-state index in [4.69, 9.17) is 23.2 Å². The number of nitrogens with zero attached hydrogens (tertiary/aromatic N) is 2. The largest absolute Gasteiger partial charge is 0.319 e. The molecule has 0 radical (unpaired) electrons. The SMILES string of the molecule is CC1CN=C2SC=C(C3(c4ccc(Cl)c(Cl)c4)CCC3)N21. The smallest absolute Gasteiger partial charge is 0.168 e. The van der Waals surface area contributed by atoms with E-state index < -0.39 is 0 Å². The van der Waals surface area contributed by atoms with Gasteiger partial charge in [0.1, 0.15) is 0 Å². The molecular weight excluding hydrogens is 323 g/mol. The number of hydrogen-bond acceptors (Lipinski definition) is 3. The highest BCUT2D eigenvalue weighted by Gasteiger charge is 2.49. The zero-order valence-corrected chi connectivity index (χ0v) is 14.1. The lowest BCUT2D eigenvalue weighted by molar-refractivity contribution is 0.237. The van der Waals surface area contributed by atoms with E-state index in [9.17, 15) is 0 Å². The Morgan fingerprint density at radius 3 is 2.76 bits per heavy atom. The van der Waals surface area contributed by atoms with E-state index in [-0.39, 0.29) is 5.41 Å². The fourth-order valence-electron chi connectivity index (χ4n) is 3.52. The standard InChI is InChI=1S/C16H16Cl2N2S/c1-10-8-19-15-20(10)14(9-21-15)16(5-2-6-16)11-3-4-12(17)13(18)7-11/h3-4,7,9-10H,2,5-6,8H2,1H3. The maximum absolute atomic E-state index is 6.25. The molecule has 2 aliphatic heterocycles. The lowest BCUT2D eigenvalue weighted by Gasteiger charge is -2.46. The normalized spacial score (nSPS) is 26.2. The summed E-state index contributed by atoms with van der Waals surface area (Å²) in [6.45, 7) is 3.15. The van der Waals surface area contributed by atoms with E-state index in [1.165, 1.54) is 30.5 Å². The summed E-state index contributed by atoms with van der Waals surface area (Å²) in [4.78, 5) is 7.06. The Hall–Kier alpha value is -0.640. The van der Waals surface area contributed by atoms with Gasteiger partial charge >= 0.3 is 0 Å². The van der Waals surface area contributed by atoms with Crippen molar-refractivity contribution < 1.29 is 0 Å². The molecule has 2 heterocycles. The summed E-state index contributed by atoms with van der Waals surface area (Å²) in [7, 11) is 0. The van der Waals surface area contributed by atoms with E-state index in [1.54, 1.807) is 11.8 Å². The first-order chi connectivity index (χ1) is 10.1. The number of allylic oxidation sites excluding steroid dienone is 1. The predicted molar refractivity (Wildman–Crippen MR) is 91.3 cm³/mol. The number of benzene rings is 1. The molecule has 5 heteroatoms. The second-order valence-corrected chi connectivity index (χ2v) is 7.68. The Morgan fingerprint density at radius 2 is 2.10 bits per heavy atom. The van der Waals surface area contributed by atoms with Gasteiger partial charge in [0.15, 0.2) is 5.17 Å². The van der Waals surface area contributed by atoms with Gasteiger partial charge in [-0.15, -0.1) is 0 Å². The Morgan fingerprint density at radius 1 is 1.29 bits per heavy atom. The zero-order valence-electron chi connectivity index (χ0n) is 11.8. The van der Waals surface area contributed by atoms with E-state index in [0.717, 1.165) is 11.7 Å². The van der Waals surface area contributed by atoms with Crippen molar-refractivity contribution in [2.45, 2.75) is 37.6 Å². The van der Waals surface area contributed by atoms with Gasteiger partial charge in [-0.05, 0) is 42.9 Å². The van der Waals surface area contributed by atoms with Crippen LogP contribution in [0.5, 0.6) is 0 Å². The number of thioether (sulfide) groups is 1. The van der Waals surface area contributed by atoms with Crippen LogP contribution in [0.3, 0.4) is 0 Å². The third-order valence-electron chi connectivity index (χ3n) is 4.84. The van der Waals surface area contributed by atoms with Gasteiger partial charge in [-0.25, -0.2) is 0 Å². The third-order valence-corrected chi connectivity index (χ3v) is 6.46. The van der Waals surface area contributed by atoms with E-state index in [1.807, 2.05) is 12.1 Å². The molecule has 1 aromatic carbocycles. The van der Waals surface area contributed by atoms with Crippen LogP contribution < -0.4 is 0 Å². The van der Waals surface area contributed by atoms with Crippen molar-refractivity contribution in [3.05, 3.63) is 44.9 Å². The molecule has 4 rings (SSSR count). The fourth-order valence-corrected chi connectivity index (χ4v) is 4.91. The molecule has 3 aliphatic rings. The second kappa shape index (κ2) is 4.94. The van der Waals surface area contributed by atoms with Crippen LogP contribution in [0.4, 0.5) is 0 Å². The highest BCUT2D eigenvalue weighted by molar-refractivity contribution is 8.16. The van der Waals surface area contributed by atoms with Crippen molar-refractivity contribution in [1.82, 2.24) is 4.90 Å².